The van der Waals surface area contributed by atoms with Gasteiger partial charge in [-0.3, -0.25) is 0 Å². The minimum atomic E-state index is -4.81. The third kappa shape index (κ3) is 4.45. The van der Waals surface area contributed by atoms with Crippen molar-refractivity contribution in [3.63, 3.8) is 0 Å². The van der Waals surface area contributed by atoms with Gasteiger partial charge in [0, 0.05) is 23.5 Å². The van der Waals surface area contributed by atoms with E-state index in [9.17, 15) is 43.9 Å². The largest absolute Gasteiger partial charge is 0.417 e. The average Bonchev–Trinajstić information content (AvgIpc) is 3.13. The highest BCUT2D eigenvalue weighted by Gasteiger charge is 2.33. The fourth-order valence-electron chi connectivity index (χ4n) is 3.33. The fraction of sp³-hybridized carbons (Fsp3) is 0.190. The third-order valence-corrected chi connectivity index (χ3v) is 6.93. The molecule has 1 aromatic carbocycles. The molecule has 0 N–H and O–H groups in total. The van der Waals surface area contributed by atoms with Crippen molar-refractivity contribution < 1.29 is 39.2 Å². The van der Waals surface area contributed by atoms with Crippen molar-refractivity contribution in [1.82, 2.24) is 19.2 Å². The first kappa shape index (κ1) is 25.3. The number of pyridine rings is 2. The van der Waals surface area contributed by atoms with Gasteiger partial charge in [-0.05, 0) is 36.4 Å². The Kier molecular flexibility index (Phi) is 5.93. The number of nitrogens with zero attached hydrogens (tertiary/aromatic N) is 4. The van der Waals surface area contributed by atoms with E-state index in [2.05, 4.69) is 10.1 Å². The lowest BCUT2D eigenvalue weighted by Gasteiger charge is -2.13. The summed E-state index contributed by atoms with van der Waals surface area (Å²) in [6.45, 7) is 1.23. The van der Waals surface area contributed by atoms with Crippen LogP contribution in [0.4, 0.5) is 30.7 Å². The molecule has 7 nitrogen and oxygen atoms in total. The Bertz CT molecular complexity index is 1660. The maximum Gasteiger partial charge on any atom is 0.417 e. The summed E-state index contributed by atoms with van der Waals surface area (Å²) in [5.41, 5.74) is -4.75. The minimum absolute atomic E-state index is 0.261. The van der Waals surface area contributed by atoms with Gasteiger partial charge in [0.25, 0.3) is 0 Å². The van der Waals surface area contributed by atoms with Gasteiger partial charge in [-0.25, -0.2) is 27.0 Å². The Morgan fingerprint density at radius 3 is 2.19 bits per heavy atom. The van der Waals surface area contributed by atoms with Crippen LogP contribution < -0.4 is 5.69 Å². The molecule has 0 radical (unpaired) electrons. The van der Waals surface area contributed by atoms with Crippen molar-refractivity contribution in [2.24, 2.45) is 0 Å². The standard InChI is InChI=1S/C21H13F7N4O3S/c1-2-36(34,35)16-7-11(14-8-12(20(23,24)25)3-5-15(14)22)9-29-18(16)32-19(33)31-10-13(21(26,27)28)4-6-17(31)30-32/h3-10H,2H2,1H3. The zero-order valence-corrected chi connectivity index (χ0v) is 18.7. The Hall–Kier alpha value is -3.75. The lowest BCUT2D eigenvalue weighted by atomic mass is 10.0. The summed E-state index contributed by atoms with van der Waals surface area (Å²) in [6.07, 6.45) is -8.28. The number of rotatable bonds is 4. The van der Waals surface area contributed by atoms with Gasteiger partial charge in [0.05, 0.1) is 16.9 Å². The maximum absolute atomic E-state index is 14.4. The zero-order valence-electron chi connectivity index (χ0n) is 17.9. The van der Waals surface area contributed by atoms with Gasteiger partial charge in [0.2, 0.25) is 0 Å². The fourth-order valence-corrected chi connectivity index (χ4v) is 4.37. The predicted molar refractivity (Wildman–Crippen MR) is 112 cm³/mol. The van der Waals surface area contributed by atoms with Gasteiger partial charge in [-0.1, -0.05) is 6.92 Å². The normalized spacial score (nSPS) is 12.9. The predicted octanol–water partition coefficient (Wildman–Crippen LogP) is 4.52. The van der Waals surface area contributed by atoms with E-state index in [1.807, 2.05) is 0 Å². The number of hydrogen-bond donors (Lipinski definition) is 0. The van der Waals surface area contributed by atoms with Crippen LogP contribution in [0.25, 0.3) is 22.6 Å². The number of halogens is 7. The molecule has 0 saturated heterocycles. The highest BCUT2D eigenvalue weighted by atomic mass is 32.2. The molecule has 0 saturated carbocycles. The lowest BCUT2D eigenvalue weighted by molar-refractivity contribution is -0.138. The zero-order chi connectivity index (χ0) is 26.6. The van der Waals surface area contributed by atoms with E-state index in [0.29, 0.717) is 39.5 Å². The Labute approximate surface area is 197 Å². The molecule has 0 bridgehead atoms. The molecule has 4 rings (SSSR count). The number of sulfone groups is 1. The molecule has 36 heavy (non-hydrogen) atoms. The molecule has 15 heteroatoms. The average molecular weight is 534 g/mol. The topological polar surface area (TPSA) is 86.3 Å². The quantitative estimate of drug-likeness (QED) is 0.360. The van der Waals surface area contributed by atoms with Crippen molar-refractivity contribution in [3.05, 3.63) is 76.2 Å². The number of fused-ring (bicyclic) bond motifs is 1. The van der Waals surface area contributed by atoms with Crippen LogP contribution in [0, 0.1) is 5.82 Å². The summed E-state index contributed by atoms with van der Waals surface area (Å²) in [4.78, 5) is 16.0. The van der Waals surface area contributed by atoms with Crippen molar-refractivity contribution in [2.75, 3.05) is 5.75 Å². The molecule has 0 aliphatic heterocycles. The summed E-state index contributed by atoms with van der Waals surface area (Å²) in [6, 6.07) is 3.94. The number of hydrogen-bond acceptors (Lipinski definition) is 5. The van der Waals surface area contributed by atoms with Crippen LogP contribution >= 0.6 is 0 Å². The van der Waals surface area contributed by atoms with Crippen LogP contribution in [0.2, 0.25) is 0 Å². The van der Waals surface area contributed by atoms with Crippen molar-refractivity contribution in [2.45, 2.75) is 24.2 Å². The van der Waals surface area contributed by atoms with Crippen molar-refractivity contribution >= 4 is 15.5 Å². The van der Waals surface area contributed by atoms with Crippen LogP contribution in [0.5, 0.6) is 0 Å². The first-order valence-electron chi connectivity index (χ1n) is 9.92. The lowest BCUT2D eigenvalue weighted by Crippen LogP contribution is -2.23. The molecule has 0 aliphatic carbocycles. The minimum Gasteiger partial charge on any atom is -0.249 e. The second-order valence-electron chi connectivity index (χ2n) is 7.48. The van der Waals surface area contributed by atoms with Gasteiger partial charge in [-0.2, -0.15) is 31.0 Å². The monoisotopic (exact) mass is 534 g/mol. The Balaban J connectivity index is 1.96. The summed E-state index contributed by atoms with van der Waals surface area (Å²) in [5.74, 6) is -2.26. The molecule has 0 amide bonds. The second-order valence-corrected chi connectivity index (χ2v) is 9.73. The summed E-state index contributed by atoms with van der Waals surface area (Å²) < 4.78 is 119. The highest BCUT2D eigenvalue weighted by Crippen LogP contribution is 2.35. The highest BCUT2D eigenvalue weighted by molar-refractivity contribution is 7.91. The molecule has 0 unspecified atom stereocenters. The first-order chi connectivity index (χ1) is 16.6. The molecule has 4 aromatic rings. The Morgan fingerprint density at radius 1 is 0.944 bits per heavy atom. The van der Waals surface area contributed by atoms with Gasteiger partial charge < -0.3 is 0 Å². The van der Waals surface area contributed by atoms with Crippen LogP contribution in [0.15, 0.2) is 58.5 Å². The molecule has 0 atom stereocenters. The SMILES string of the molecule is CCS(=O)(=O)c1cc(-c2cc(C(F)(F)F)ccc2F)cnc1-n1nc2ccc(C(F)(F)F)cn2c1=O. The smallest absolute Gasteiger partial charge is 0.249 e. The van der Waals surface area contributed by atoms with E-state index in [4.69, 9.17) is 0 Å². The summed E-state index contributed by atoms with van der Waals surface area (Å²) in [7, 11) is -4.24. The van der Waals surface area contributed by atoms with Crippen LogP contribution in [-0.2, 0) is 22.2 Å². The molecule has 3 aromatic heterocycles. The molecular formula is C21H13F7N4O3S. The van der Waals surface area contributed by atoms with E-state index in [1.165, 1.54) is 6.92 Å². The van der Waals surface area contributed by atoms with Crippen molar-refractivity contribution in [1.29, 1.82) is 0 Å². The van der Waals surface area contributed by atoms with E-state index in [-0.39, 0.29) is 11.2 Å². The second kappa shape index (κ2) is 8.43. The molecule has 0 aliphatic rings. The molecule has 3 heterocycles. The van der Waals surface area contributed by atoms with Gasteiger partial charge in [0.1, 0.15) is 10.7 Å². The van der Waals surface area contributed by atoms with Gasteiger partial charge >= 0.3 is 18.0 Å². The third-order valence-electron chi connectivity index (χ3n) is 5.20. The van der Waals surface area contributed by atoms with E-state index in [0.717, 1.165) is 18.3 Å². The number of aromatic nitrogens is 4. The van der Waals surface area contributed by atoms with Gasteiger partial charge in [-0.15, -0.1) is 5.10 Å². The van der Waals surface area contributed by atoms with E-state index < -0.39 is 66.9 Å². The van der Waals surface area contributed by atoms with E-state index >= 15 is 0 Å². The van der Waals surface area contributed by atoms with Crippen LogP contribution in [-0.4, -0.2) is 33.3 Å². The molecule has 0 fully saturated rings. The molecular weight excluding hydrogens is 521 g/mol. The summed E-state index contributed by atoms with van der Waals surface area (Å²) in [5, 5.41) is 3.83. The number of alkyl halides is 6. The van der Waals surface area contributed by atoms with Crippen molar-refractivity contribution in [3.8, 4) is 16.9 Å². The van der Waals surface area contributed by atoms with Crippen LogP contribution in [0.3, 0.4) is 0 Å². The van der Waals surface area contributed by atoms with E-state index in [1.54, 1.807) is 0 Å². The number of benzene rings is 1. The maximum atomic E-state index is 14.4. The van der Waals surface area contributed by atoms with Gasteiger partial charge in [0.15, 0.2) is 21.3 Å². The molecule has 0 spiro atoms. The first-order valence-corrected chi connectivity index (χ1v) is 11.6. The summed E-state index contributed by atoms with van der Waals surface area (Å²) >= 11 is 0. The Morgan fingerprint density at radius 2 is 1.58 bits per heavy atom. The molecule has 190 valence electrons. The van der Waals surface area contributed by atoms with Crippen LogP contribution in [0.1, 0.15) is 18.1 Å².